The van der Waals surface area contributed by atoms with Crippen molar-refractivity contribution in [2.24, 2.45) is 0 Å². The monoisotopic (exact) mass is 351 g/mol. The molecule has 0 saturated carbocycles. The molecule has 0 radical (unpaired) electrons. The predicted octanol–water partition coefficient (Wildman–Crippen LogP) is 3.57. The summed E-state index contributed by atoms with van der Waals surface area (Å²) < 4.78 is 0. The molecule has 1 fully saturated rings. The van der Waals surface area contributed by atoms with Crippen molar-refractivity contribution >= 4 is 17.6 Å². The average molecular weight is 351 g/mol. The van der Waals surface area contributed by atoms with E-state index in [0.29, 0.717) is 19.5 Å². The van der Waals surface area contributed by atoms with E-state index in [9.17, 15) is 9.59 Å². The zero-order valence-electron chi connectivity index (χ0n) is 15.5. The Morgan fingerprint density at radius 2 is 1.81 bits per heavy atom. The Kier molecular flexibility index (Phi) is 5.26. The van der Waals surface area contributed by atoms with Gasteiger partial charge in [-0.3, -0.25) is 4.79 Å². The summed E-state index contributed by atoms with van der Waals surface area (Å²) in [5.41, 5.74) is 4.04. The van der Waals surface area contributed by atoms with Crippen LogP contribution in [-0.4, -0.2) is 41.4 Å². The van der Waals surface area contributed by atoms with Gasteiger partial charge in [0.1, 0.15) is 6.04 Å². The van der Waals surface area contributed by atoms with Crippen molar-refractivity contribution in [2.45, 2.75) is 32.9 Å². The van der Waals surface area contributed by atoms with Crippen LogP contribution in [-0.2, 0) is 11.3 Å². The number of amides is 3. The summed E-state index contributed by atoms with van der Waals surface area (Å²) in [7, 11) is 1.69. The molecule has 1 N–H and O–H groups in total. The Hall–Kier alpha value is -2.82. The fourth-order valence-corrected chi connectivity index (χ4v) is 3.44. The molecule has 2 aromatic rings. The van der Waals surface area contributed by atoms with Gasteiger partial charge in [0.2, 0.25) is 5.91 Å². The number of aryl methyl sites for hydroxylation is 2. The van der Waals surface area contributed by atoms with Crippen LogP contribution in [0.1, 0.15) is 23.1 Å². The molecule has 1 heterocycles. The van der Waals surface area contributed by atoms with Crippen LogP contribution < -0.4 is 5.32 Å². The van der Waals surface area contributed by atoms with Crippen LogP contribution in [0.25, 0.3) is 0 Å². The van der Waals surface area contributed by atoms with Crippen LogP contribution in [0.15, 0.2) is 48.5 Å². The minimum Gasteiger partial charge on any atom is -0.336 e. The van der Waals surface area contributed by atoms with Crippen molar-refractivity contribution in [2.75, 3.05) is 18.9 Å². The number of likely N-dealkylation sites (tertiary alicyclic amines) is 1. The highest BCUT2D eigenvalue weighted by molar-refractivity contribution is 5.94. The summed E-state index contributed by atoms with van der Waals surface area (Å²) >= 11 is 0. The highest BCUT2D eigenvalue weighted by Crippen LogP contribution is 2.20. The molecule has 3 rings (SSSR count). The molecule has 26 heavy (non-hydrogen) atoms. The van der Waals surface area contributed by atoms with Crippen molar-refractivity contribution in [1.29, 1.82) is 0 Å². The lowest BCUT2D eigenvalue weighted by Gasteiger charge is -2.24. The molecule has 0 bridgehead atoms. The maximum Gasteiger partial charge on any atom is 0.322 e. The summed E-state index contributed by atoms with van der Waals surface area (Å²) in [5.74, 6) is 0.00641. The lowest BCUT2D eigenvalue weighted by atomic mass is 10.1. The maximum absolute atomic E-state index is 12.7. The third-order valence-corrected chi connectivity index (χ3v) is 4.75. The molecule has 3 amide bonds. The number of hydrogen-bond acceptors (Lipinski definition) is 2. The third kappa shape index (κ3) is 4.04. The van der Waals surface area contributed by atoms with Gasteiger partial charge in [0.15, 0.2) is 0 Å². The van der Waals surface area contributed by atoms with Crippen LogP contribution in [0.3, 0.4) is 0 Å². The number of urea groups is 1. The van der Waals surface area contributed by atoms with Crippen LogP contribution in [0.5, 0.6) is 0 Å². The first-order chi connectivity index (χ1) is 12.4. The van der Waals surface area contributed by atoms with Gasteiger partial charge in [-0.25, -0.2) is 4.79 Å². The summed E-state index contributed by atoms with van der Waals surface area (Å²) in [4.78, 5) is 28.6. The molecule has 1 unspecified atom stereocenters. The van der Waals surface area contributed by atoms with Crippen molar-refractivity contribution in [3.05, 3.63) is 65.2 Å². The summed E-state index contributed by atoms with van der Waals surface area (Å²) in [6.45, 7) is 5.24. The molecule has 1 saturated heterocycles. The minimum absolute atomic E-state index is 0.00641. The molecular weight excluding hydrogens is 326 g/mol. The van der Waals surface area contributed by atoms with Gasteiger partial charge in [0.25, 0.3) is 0 Å². The van der Waals surface area contributed by atoms with E-state index >= 15 is 0 Å². The number of anilines is 1. The molecule has 0 spiro atoms. The van der Waals surface area contributed by atoms with Crippen LogP contribution in [0.2, 0.25) is 0 Å². The van der Waals surface area contributed by atoms with Gasteiger partial charge < -0.3 is 15.1 Å². The van der Waals surface area contributed by atoms with Gasteiger partial charge in [-0.05, 0) is 49.1 Å². The number of carbonyl (C=O) groups excluding carboxylic acids is 2. The van der Waals surface area contributed by atoms with E-state index in [1.54, 1.807) is 7.05 Å². The number of nitrogens with one attached hydrogen (secondary N) is 1. The van der Waals surface area contributed by atoms with Gasteiger partial charge in [0, 0.05) is 25.8 Å². The van der Waals surface area contributed by atoms with E-state index in [1.165, 1.54) is 4.90 Å². The molecule has 0 aliphatic carbocycles. The largest absolute Gasteiger partial charge is 0.336 e. The molecule has 5 nitrogen and oxygen atoms in total. The summed E-state index contributed by atoms with van der Waals surface area (Å²) in [6.07, 6.45) is 0.655. The standard InChI is InChI=1S/C21H25N3O2/c1-15-11-16(2)13-18(12-15)22-21(26)23(3)19-9-10-24(20(19)25)14-17-7-5-4-6-8-17/h4-8,11-13,19H,9-10,14H2,1-3H3,(H,22,26). The van der Waals surface area contributed by atoms with Gasteiger partial charge in [-0.2, -0.15) is 0 Å². The fraction of sp³-hybridized carbons (Fsp3) is 0.333. The van der Waals surface area contributed by atoms with Crippen molar-refractivity contribution < 1.29 is 9.59 Å². The number of rotatable bonds is 4. The Bertz CT molecular complexity index is 784. The van der Waals surface area contributed by atoms with E-state index in [2.05, 4.69) is 11.4 Å². The van der Waals surface area contributed by atoms with Gasteiger partial charge in [-0.15, -0.1) is 0 Å². The summed E-state index contributed by atoms with van der Waals surface area (Å²) in [6, 6.07) is 15.2. The second kappa shape index (κ2) is 7.60. The van der Waals surface area contributed by atoms with E-state index in [-0.39, 0.29) is 11.9 Å². The topological polar surface area (TPSA) is 52.7 Å². The van der Waals surface area contributed by atoms with E-state index in [4.69, 9.17) is 0 Å². The maximum atomic E-state index is 12.7. The van der Waals surface area contributed by atoms with Gasteiger partial charge >= 0.3 is 6.03 Å². The Morgan fingerprint density at radius 3 is 2.46 bits per heavy atom. The fourth-order valence-electron chi connectivity index (χ4n) is 3.44. The molecule has 0 aromatic heterocycles. The molecular formula is C21H25N3O2. The highest BCUT2D eigenvalue weighted by atomic mass is 16.2. The van der Waals surface area contributed by atoms with Crippen molar-refractivity contribution in [1.82, 2.24) is 9.80 Å². The molecule has 1 aliphatic heterocycles. The second-order valence-electron chi connectivity index (χ2n) is 6.97. The SMILES string of the molecule is Cc1cc(C)cc(NC(=O)N(C)C2CCN(Cc3ccccc3)C2=O)c1. The first-order valence-electron chi connectivity index (χ1n) is 8.89. The van der Waals surface area contributed by atoms with Crippen LogP contribution in [0, 0.1) is 13.8 Å². The van der Waals surface area contributed by atoms with Crippen molar-refractivity contribution in [3.63, 3.8) is 0 Å². The Labute approximate surface area is 154 Å². The lowest BCUT2D eigenvalue weighted by Crippen LogP contribution is -2.44. The van der Waals surface area contributed by atoms with Crippen LogP contribution >= 0.6 is 0 Å². The zero-order valence-corrected chi connectivity index (χ0v) is 15.5. The molecule has 136 valence electrons. The van der Waals surface area contributed by atoms with E-state index in [0.717, 1.165) is 22.4 Å². The van der Waals surface area contributed by atoms with E-state index in [1.807, 2.05) is 61.2 Å². The molecule has 2 aromatic carbocycles. The predicted molar refractivity (Wildman–Crippen MR) is 103 cm³/mol. The molecule has 1 aliphatic rings. The first kappa shape index (κ1) is 18.0. The number of nitrogens with zero attached hydrogens (tertiary/aromatic N) is 2. The van der Waals surface area contributed by atoms with Gasteiger partial charge in [-0.1, -0.05) is 36.4 Å². The summed E-state index contributed by atoms with van der Waals surface area (Å²) in [5, 5.41) is 2.90. The first-order valence-corrected chi connectivity index (χ1v) is 8.89. The normalized spacial score (nSPS) is 16.7. The molecule has 1 atom stereocenters. The number of carbonyl (C=O) groups is 2. The van der Waals surface area contributed by atoms with Gasteiger partial charge in [0.05, 0.1) is 0 Å². The third-order valence-electron chi connectivity index (χ3n) is 4.75. The number of benzene rings is 2. The van der Waals surface area contributed by atoms with Crippen molar-refractivity contribution in [3.8, 4) is 0 Å². The number of likely N-dealkylation sites (N-methyl/N-ethyl adjacent to an activating group) is 1. The van der Waals surface area contributed by atoms with Crippen LogP contribution in [0.4, 0.5) is 10.5 Å². The average Bonchev–Trinajstić information content (AvgIpc) is 2.95. The second-order valence-corrected chi connectivity index (χ2v) is 6.97. The lowest BCUT2D eigenvalue weighted by molar-refractivity contribution is -0.131. The quantitative estimate of drug-likeness (QED) is 0.915. The number of hydrogen-bond donors (Lipinski definition) is 1. The van der Waals surface area contributed by atoms with E-state index < -0.39 is 6.04 Å². The Balaban J connectivity index is 1.63. The highest BCUT2D eigenvalue weighted by Gasteiger charge is 2.36. The smallest absolute Gasteiger partial charge is 0.322 e. The molecule has 5 heteroatoms. The minimum atomic E-state index is -0.412. The zero-order chi connectivity index (χ0) is 18.7. The Morgan fingerprint density at radius 1 is 1.15 bits per heavy atom.